The highest BCUT2D eigenvalue weighted by atomic mass is 35.5. The van der Waals surface area contributed by atoms with Gasteiger partial charge in [0.2, 0.25) is 0 Å². The summed E-state index contributed by atoms with van der Waals surface area (Å²) in [6, 6.07) is 6.79. The van der Waals surface area contributed by atoms with E-state index >= 15 is 0 Å². The average molecular weight is 311 g/mol. The number of nitrogens with one attached hydrogen (secondary N) is 1. The van der Waals surface area contributed by atoms with Gasteiger partial charge in [0.25, 0.3) is 0 Å². The minimum Gasteiger partial charge on any atom is -0.384 e. The predicted molar refractivity (Wildman–Crippen MR) is 90.4 cm³/mol. The van der Waals surface area contributed by atoms with Crippen molar-refractivity contribution in [2.24, 2.45) is 5.92 Å². The minimum absolute atomic E-state index is 0.337. The third kappa shape index (κ3) is 4.35. The van der Waals surface area contributed by atoms with Gasteiger partial charge in [-0.2, -0.15) is 0 Å². The Balaban J connectivity index is 2.09. The first-order chi connectivity index (χ1) is 10.2. The molecule has 4 heteroatoms. The maximum absolute atomic E-state index is 6.53. The smallest absolute Gasteiger partial charge is 0.0642 e. The lowest BCUT2D eigenvalue weighted by Crippen LogP contribution is -2.37. The summed E-state index contributed by atoms with van der Waals surface area (Å²) in [5.41, 5.74) is 2.40. The zero-order chi connectivity index (χ0) is 15.2. The van der Waals surface area contributed by atoms with Gasteiger partial charge in [0.15, 0.2) is 0 Å². The second kappa shape index (κ2) is 8.02. The van der Waals surface area contributed by atoms with Crippen molar-refractivity contribution in [2.45, 2.75) is 32.7 Å². The number of hydrogen-bond donors (Lipinski definition) is 1. The summed E-state index contributed by atoms with van der Waals surface area (Å²) in [5, 5.41) is 4.28. The minimum atomic E-state index is 0.337. The van der Waals surface area contributed by atoms with Crippen molar-refractivity contribution in [1.29, 1.82) is 0 Å². The predicted octanol–water partition coefficient (Wildman–Crippen LogP) is 3.87. The molecule has 3 nitrogen and oxygen atoms in total. The van der Waals surface area contributed by atoms with Gasteiger partial charge in [0.1, 0.15) is 0 Å². The van der Waals surface area contributed by atoms with Crippen molar-refractivity contribution in [3.8, 4) is 0 Å². The monoisotopic (exact) mass is 310 g/mol. The molecule has 0 radical (unpaired) electrons. The van der Waals surface area contributed by atoms with Crippen LogP contribution in [0, 0.1) is 5.92 Å². The van der Waals surface area contributed by atoms with Gasteiger partial charge < -0.3 is 15.0 Å². The molecule has 1 saturated heterocycles. The van der Waals surface area contributed by atoms with Crippen LogP contribution in [0.25, 0.3) is 0 Å². The van der Waals surface area contributed by atoms with Gasteiger partial charge in [0.05, 0.1) is 17.3 Å². The van der Waals surface area contributed by atoms with E-state index < -0.39 is 0 Å². The Labute approximate surface area is 133 Å². The first-order valence-corrected chi connectivity index (χ1v) is 8.30. The summed E-state index contributed by atoms with van der Waals surface area (Å²) in [7, 11) is 1.78. The van der Waals surface area contributed by atoms with Crippen molar-refractivity contribution < 1.29 is 4.74 Å². The largest absolute Gasteiger partial charge is 0.384 e. The summed E-state index contributed by atoms with van der Waals surface area (Å²) in [6.45, 7) is 8.22. The first kappa shape index (κ1) is 16.6. The lowest BCUT2D eigenvalue weighted by molar-refractivity contribution is 0.143. The van der Waals surface area contributed by atoms with Gasteiger partial charge in [0, 0.05) is 26.2 Å². The average Bonchev–Trinajstić information content (AvgIpc) is 2.48. The Bertz CT molecular complexity index is 450. The van der Waals surface area contributed by atoms with E-state index in [0.717, 1.165) is 37.0 Å². The molecule has 0 aliphatic carbocycles. The number of nitrogens with zero attached hydrogens (tertiary/aromatic N) is 1. The van der Waals surface area contributed by atoms with Crippen molar-refractivity contribution in [3.63, 3.8) is 0 Å². The van der Waals surface area contributed by atoms with Crippen LogP contribution in [0.4, 0.5) is 5.69 Å². The Morgan fingerprint density at radius 1 is 1.48 bits per heavy atom. The first-order valence-electron chi connectivity index (χ1n) is 7.92. The van der Waals surface area contributed by atoms with Crippen LogP contribution >= 0.6 is 11.6 Å². The van der Waals surface area contributed by atoms with Crippen LogP contribution in [0.5, 0.6) is 0 Å². The van der Waals surface area contributed by atoms with Gasteiger partial charge >= 0.3 is 0 Å². The van der Waals surface area contributed by atoms with Crippen LogP contribution in [-0.2, 0) is 4.74 Å². The Kier molecular flexibility index (Phi) is 6.34. The van der Waals surface area contributed by atoms with Crippen molar-refractivity contribution in [1.82, 2.24) is 5.32 Å². The fourth-order valence-corrected chi connectivity index (χ4v) is 3.44. The molecule has 1 heterocycles. The molecule has 0 amide bonds. The van der Waals surface area contributed by atoms with Gasteiger partial charge in [-0.25, -0.2) is 0 Å². The summed E-state index contributed by atoms with van der Waals surface area (Å²) < 4.78 is 5.31. The fourth-order valence-electron chi connectivity index (χ4n) is 3.13. The molecule has 21 heavy (non-hydrogen) atoms. The Morgan fingerprint density at radius 3 is 2.95 bits per heavy atom. The summed E-state index contributed by atoms with van der Waals surface area (Å²) >= 11 is 6.53. The van der Waals surface area contributed by atoms with E-state index in [1.54, 1.807) is 7.11 Å². The second-order valence-electron chi connectivity index (χ2n) is 5.90. The van der Waals surface area contributed by atoms with Gasteiger partial charge in [-0.15, -0.1) is 0 Å². The molecule has 0 aromatic heterocycles. The molecular weight excluding hydrogens is 284 g/mol. The van der Waals surface area contributed by atoms with Crippen LogP contribution in [0.1, 0.15) is 38.3 Å². The van der Waals surface area contributed by atoms with Crippen LogP contribution in [0.2, 0.25) is 5.02 Å². The third-order valence-electron chi connectivity index (χ3n) is 4.24. The number of hydrogen-bond acceptors (Lipinski definition) is 3. The number of anilines is 1. The molecule has 1 aromatic rings. The molecule has 0 bridgehead atoms. The van der Waals surface area contributed by atoms with Crippen molar-refractivity contribution in [2.75, 3.05) is 38.3 Å². The van der Waals surface area contributed by atoms with Crippen LogP contribution < -0.4 is 10.2 Å². The highest BCUT2D eigenvalue weighted by molar-refractivity contribution is 6.33. The van der Waals surface area contributed by atoms with Crippen molar-refractivity contribution >= 4 is 17.3 Å². The number of piperidine rings is 1. The molecule has 0 spiro atoms. The summed E-state index contributed by atoms with van der Waals surface area (Å²) in [6.07, 6.45) is 2.46. The van der Waals surface area contributed by atoms with Gasteiger partial charge in [-0.1, -0.05) is 24.6 Å². The van der Waals surface area contributed by atoms with Crippen molar-refractivity contribution in [3.05, 3.63) is 28.8 Å². The van der Waals surface area contributed by atoms with E-state index in [2.05, 4.69) is 42.3 Å². The molecule has 0 saturated carbocycles. The van der Waals surface area contributed by atoms with E-state index in [1.807, 2.05) is 0 Å². The normalized spacial score (nSPS) is 20.6. The molecule has 2 rings (SSSR count). The Morgan fingerprint density at radius 2 is 2.29 bits per heavy atom. The van der Waals surface area contributed by atoms with E-state index in [4.69, 9.17) is 16.3 Å². The highest BCUT2D eigenvalue weighted by Gasteiger charge is 2.21. The molecule has 2 unspecified atom stereocenters. The van der Waals surface area contributed by atoms with Crippen LogP contribution in [0.3, 0.4) is 0 Å². The quantitative estimate of drug-likeness (QED) is 0.863. The van der Waals surface area contributed by atoms with Gasteiger partial charge in [-0.3, -0.25) is 0 Å². The standard InChI is InChI=1S/C17H27ClN2O/c1-4-19-13(2)15-7-8-17(16(18)10-15)20-9-5-6-14(11-20)12-21-3/h7-8,10,13-14,19H,4-6,9,11-12H2,1-3H3. The lowest BCUT2D eigenvalue weighted by atomic mass is 9.98. The molecule has 1 aliphatic heterocycles. The number of rotatable bonds is 6. The number of methoxy groups -OCH3 is 1. The highest BCUT2D eigenvalue weighted by Crippen LogP contribution is 2.32. The van der Waals surface area contributed by atoms with E-state index in [0.29, 0.717) is 12.0 Å². The lowest BCUT2D eigenvalue weighted by Gasteiger charge is -2.34. The maximum atomic E-state index is 6.53. The third-order valence-corrected chi connectivity index (χ3v) is 4.55. The topological polar surface area (TPSA) is 24.5 Å². The molecule has 1 aliphatic rings. The molecule has 1 fully saturated rings. The zero-order valence-electron chi connectivity index (χ0n) is 13.4. The molecule has 2 atom stereocenters. The van der Waals surface area contributed by atoms with Crippen LogP contribution in [-0.4, -0.2) is 33.4 Å². The van der Waals surface area contributed by atoms with E-state index in [9.17, 15) is 0 Å². The number of ether oxygens (including phenoxy) is 1. The fraction of sp³-hybridized carbons (Fsp3) is 0.647. The molecular formula is C17H27ClN2O. The molecule has 118 valence electrons. The molecule has 1 aromatic carbocycles. The van der Waals surface area contributed by atoms with Gasteiger partial charge in [-0.05, 0) is 49.9 Å². The maximum Gasteiger partial charge on any atom is 0.0642 e. The summed E-state index contributed by atoms with van der Waals surface area (Å²) in [5.74, 6) is 0.611. The van der Waals surface area contributed by atoms with E-state index in [1.165, 1.54) is 18.4 Å². The van der Waals surface area contributed by atoms with Crippen LogP contribution in [0.15, 0.2) is 18.2 Å². The number of benzene rings is 1. The second-order valence-corrected chi connectivity index (χ2v) is 6.31. The Hall–Kier alpha value is -0.770. The molecule has 1 N–H and O–H groups in total. The SMILES string of the molecule is CCNC(C)c1ccc(N2CCCC(COC)C2)c(Cl)c1. The zero-order valence-corrected chi connectivity index (χ0v) is 14.1. The summed E-state index contributed by atoms with van der Waals surface area (Å²) in [4.78, 5) is 2.40. The van der Waals surface area contributed by atoms with E-state index in [-0.39, 0.29) is 0 Å². The number of halogens is 1.